The topological polar surface area (TPSA) is 60.0 Å². The monoisotopic (exact) mass is 384 g/mol. The first-order valence-electron chi connectivity index (χ1n) is 9.55. The number of hydrogen-bond acceptors (Lipinski definition) is 5. The lowest BCUT2D eigenvalue weighted by atomic mass is 10.1. The van der Waals surface area contributed by atoms with Crippen LogP contribution in [0.2, 0.25) is 0 Å². The van der Waals surface area contributed by atoms with E-state index in [1.54, 1.807) is 19.2 Å². The average molecular weight is 384 g/mol. The minimum Gasteiger partial charge on any atom is -0.493 e. The van der Waals surface area contributed by atoms with Gasteiger partial charge in [0.2, 0.25) is 5.75 Å². The van der Waals surface area contributed by atoms with Crippen molar-refractivity contribution in [3.63, 3.8) is 0 Å². The molecule has 28 heavy (non-hydrogen) atoms. The van der Waals surface area contributed by atoms with Gasteiger partial charge in [-0.05, 0) is 43.6 Å². The Bertz CT molecular complexity index is 763. The summed E-state index contributed by atoms with van der Waals surface area (Å²) >= 11 is 0. The summed E-state index contributed by atoms with van der Waals surface area (Å²) in [5, 5.41) is 3.08. The zero-order valence-electron chi connectivity index (χ0n) is 16.7. The van der Waals surface area contributed by atoms with Crippen LogP contribution in [0, 0.1) is 0 Å². The van der Waals surface area contributed by atoms with Crippen LogP contribution in [0.3, 0.4) is 0 Å². The maximum atomic E-state index is 12.8. The van der Waals surface area contributed by atoms with Gasteiger partial charge < -0.3 is 19.5 Å². The minimum absolute atomic E-state index is 0.162. The average Bonchev–Trinajstić information content (AvgIpc) is 3.27. The molecule has 1 aliphatic rings. The van der Waals surface area contributed by atoms with Gasteiger partial charge in [0.25, 0.3) is 5.91 Å². The van der Waals surface area contributed by atoms with Gasteiger partial charge >= 0.3 is 0 Å². The van der Waals surface area contributed by atoms with Gasteiger partial charge in [-0.25, -0.2) is 0 Å². The molecule has 0 aromatic heterocycles. The Labute approximate surface area is 166 Å². The molecular weight excluding hydrogens is 356 g/mol. The van der Waals surface area contributed by atoms with Crippen molar-refractivity contribution >= 4 is 5.91 Å². The van der Waals surface area contributed by atoms with Crippen LogP contribution in [0.4, 0.5) is 0 Å². The van der Waals surface area contributed by atoms with Crippen LogP contribution in [0.1, 0.15) is 34.8 Å². The molecule has 1 saturated heterocycles. The van der Waals surface area contributed by atoms with Crippen LogP contribution in [0.15, 0.2) is 42.5 Å². The SMILES string of the molecule is COc1cc(C(=O)NCC(c2ccccc2)N2CCCC2)cc(OC)c1OC. The fourth-order valence-electron chi connectivity index (χ4n) is 3.69. The number of hydrogen-bond donors (Lipinski definition) is 1. The third-order valence-corrected chi connectivity index (χ3v) is 5.15. The number of rotatable bonds is 8. The van der Waals surface area contributed by atoms with Gasteiger partial charge in [0.05, 0.1) is 27.4 Å². The molecule has 2 aromatic carbocycles. The number of benzene rings is 2. The minimum atomic E-state index is -0.167. The van der Waals surface area contributed by atoms with Gasteiger partial charge in [-0.15, -0.1) is 0 Å². The molecule has 1 atom stereocenters. The molecule has 0 spiro atoms. The van der Waals surface area contributed by atoms with E-state index in [9.17, 15) is 4.79 Å². The molecule has 1 aliphatic heterocycles. The summed E-state index contributed by atoms with van der Waals surface area (Å²) in [5.41, 5.74) is 1.69. The normalized spacial score (nSPS) is 15.1. The van der Waals surface area contributed by atoms with Crippen LogP contribution >= 0.6 is 0 Å². The number of nitrogens with zero attached hydrogens (tertiary/aromatic N) is 1. The summed E-state index contributed by atoms with van der Waals surface area (Å²) in [6, 6.07) is 13.8. The second-order valence-electron chi connectivity index (χ2n) is 6.79. The molecule has 6 nitrogen and oxygen atoms in total. The van der Waals surface area contributed by atoms with Crippen LogP contribution in [0.25, 0.3) is 0 Å². The van der Waals surface area contributed by atoms with E-state index >= 15 is 0 Å². The fraction of sp³-hybridized carbons (Fsp3) is 0.409. The maximum absolute atomic E-state index is 12.8. The Morgan fingerprint density at radius 3 is 2.14 bits per heavy atom. The van der Waals surface area contributed by atoms with E-state index in [0.29, 0.717) is 29.4 Å². The smallest absolute Gasteiger partial charge is 0.251 e. The Hall–Kier alpha value is -2.73. The van der Waals surface area contributed by atoms with E-state index in [4.69, 9.17) is 14.2 Å². The van der Waals surface area contributed by atoms with E-state index in [2.05, 4.69) is 22.3 Å². The summed E-state index contributed by atoms with van der Waals surface area (Å²) in [5.74, 6) is 1.23. The lowest BCUT2D eigenvalue weighted by Gasteiger charge is -2.28. The van der Waals surface area contributed by atoms with Gasteiger partial charge in [0, 0.05) is 12.1 Å². The number of ether oxygens (including phenoxy) is 3. The first-order valence-corrected chi connectivity index (χ1v) is 9.55. The van der Waals surface area contributed by atoms with E-state index < -0.39 is 0 Å². The van der Waals surface area contributed by atoms with E-state index in [1.807, 2.05) is 18.2 Å². The molecule has 3 rings (SSSR count). The highest BCUT2D eigenvalue weighted by molar-refractivity contribution is 5.95. The van der Waals surface area contributed by atoms with Crippen LogP contribution in [-0.2, 0) is 0 Å². The highest BCUT2D eigenvalue weighted by atomic mass is 16.5. The number of likely N-dealkylation sites (tertiary alicyclic amines) is 1. The summed E-state index contributed by atoms with van der Waals surface area (Å²) in [7, 11) is 4.62. The van der Waals surface area contributed by atoms with Crippen molar-refractivity contribution in [2.75, 3.05) is 41.0 Å². The lowest BCUT2D eigenvalue weighted by molar-refractivity contribution is 0.0937. The molecule has 0 saturated carbocycles. The summed E-state index contributed by atoms with van der Waals surface area (Å²) in [6.45, 7) is 2.65. The quantitative estimate of drug-likeness (QED) is 0.757. The molecule has 1 amide bonds. The molecule has 1 heterocycles. The van der Waals surface area contributed by atoms with Gasteiger partial charge in [-0.1, -0.05) is 30.3 Å². The van der Waals surface area contributed by atoms with Crippen molar-refractivity contribution in [2.24, 2.45) is 0 Å². The molecule has 0 radical (unpaired) electrons. The van der Waals surface area contributed by atoms with Crippen molar-refractivity contribution in [3.05, 3.63) is 53.6 Å². The number of methoxy groups -OCH3 is 3. The molecule has 0 aliphatic carbocycles. The third kappa shape index (κ3) is 4.39. The predicted molar refractivity (Wildman–Crippen MR) is 108 cm³/mol. The second-order valence-corrected chi connectivity index (χ2v) is 6.79. The second kappa shape index (κ2) is 9.46. The zero-order chi connectivity index (χ0) is 19.9. The van der Waals surface area contributed by atoms with Gasteiger partial charge in [-0.3, -0.25) is 9.69 Å². The maximum Gasteiger partial charge on any atom is 0.251 e. The van der Waals surface area contributed by atoms with Gasteiger partial charge in [0.15, 0.2) is 11.5 Å². The Morgan fingerprint density at radius 2 is 1.61 bits per heavy atom. The molecule has 150 valence electrons. The Kier molecular flexibility index (Phi) is 6.76. The Morgan fingerprint density at radius 1 is 1.00 bits per heavy atom. The van der Waals surface area contributed by atoms with Crippen molar-refractivity contribution in [3.8, 4) is 17.2 Å². The van der Waals surface area contributed by atoms with Crippen LogP contribution in [-0.4, -0.2) is 51.8 Å². The number of amides is 1. The zero-order valence-corrected chi connectivity index (χ0v) is 16.7. The molecule has 2 aromatic rings. The Balaban J connectivity index is 1.77. The molecule has 1 N–H and O–H groups in total. The highest BCUT2D eigenvalue weighted by Crippen LogP contribution is 2.38. The van der Waals surface area contributed by atoms with Gasteiger partial charge in [-0.2, -0.15) is 0 Å². The first-order chi connectivity index (χ1) is 13.7. The van der Waals surface area contributed by atoms with Crippen molar-refractivity contribution in [1.29, 1.82) is 0 Å². The fourth-order valence-corrected chi connectivity index (χ4v) is 3.69. The predicted octanol–water partition coefficient (Wildman–Crippen LogP) is 3.28. The largest absolute Gasteiger partial charge is 0.493 e. The summed E-state index contributed by atoms with van der Waals surface area (Å²) < 4.78 is 16.0. The highest BCUT2D eigenvalue weighted by Gasteiger charge is 2.24. The van der Waals surface area contributed by atoms with Crippen molar-refractivity contribution in [2.45, 2.75) is 18.9 Å². The van der Waals surface area contributed by atoms with Crippen molar-refractivity contribution in [1.82, 2.24) is 10.2 Å². The number of carbonyl (C=O) groups excluding carboxylic acids is 1. The summed E-state index contributed by atoms with van der Waals surface area (Å²) in [6.07, 6.45) is 2.40. The van der Waals surface area contributed by atoms with Crippen molar-refractivity contribution < 1.29 is 19.0 Å². The summed E-state index contributed by atoms with van der Waals surface area (Å²) in [4.78, 5) is 15.3. The number of carbonyl (C=O) groups is 1. The van der Waals surface area contributed by atoms with Crippen LogP contribution in [0.5, 0.6) is 17.2 Å². The molecular formula is C22H28N2O4. The van der Waals surface area contributed by atoms with E-state index in [-0.39, 0.29) is 11.9 Å². The first kappa shape index (κ1) is 20.0. The number of nitrogens with one attached hydrogen (secondary N) is 1. The van der Waals surface area contributed by atoms with Crippen LogP contribution < -0.4 is 19.5 Å². The molecule has 6 heteroatoms. The molecule has 0 bridgehead atoms. The van der Waals surface area contributed by atoms with E-state index in [0.717, 1.165) is 13.1 Å². The van der Waals surface area contributed by atoms with E-state index in [1.165, 1.54) is 32.6 Å². The van der Waals surface area contributed by atoms with Gasteiger partial charge in [0.1, 0.15) is 0 Å². The molecule has 1 unspecified atom stereocenters. The lowest BCUT2D eigenvalue weighted by Crippen LogP contribution is -2.36. The molecule has 1 fully saturated rings. The third-order valence-electron chi connectivity index (χ3n) is 5.15. The standard InChI is InChI=1S/C22H28N2O4/c1-26-19-13-17(14-20(27-2)21(19)28-3)22(25)23-15-18(24-11-7-8-12-24)16-9-5-4-6-10-16/h4-6,9-10,13-14,18H,7-8,11-12,15H2,1-3H3,(H,23,25).